The standard InChI is InChI=1S/C21H18ClFN2O3S/c1-29(27,28)25(20-4-2-3-17(22)13-20)14-15-5-7-16(8-6-15)21(26)24-19-11-9-18(23)10-12-19/h2-13H,14H2,1H3,(H,24,26). The zero-order valence-corrected chi connectivity index (χ0v) is 17.0. The summed E-state index contributed by atoms with van der Waals surface area (Å²) in [5.74, 6) is -0.736. The van der Waals surface area contributed by atoms with Gasteiger partial charge in [-0.15, -0.1) is 0 Å². The molecule has 0 fully saturated rings. The van der Waals surface area contributed by atoms with Gasteiger partial charge >= 0.3 is 0 Å². The summed E-state index contributed by atoms with van der Waals surface area (Å²) in [4.78, 5) is 12.3. The first-order chi connectivity index (χ1) is 13.7. The molecule has 5 nitrogen and oxygen atoms in total. The Kier molecular flexibility index (Phi) is 6.20. The van der Waals surface area contributed by atoms with Crippen LogP contribution in [0.3, 0.4) is 0 Å². The molecule has 0 bridgehead atoms. The summed E-state index contributed by atoms with van der Waals surface area (Å²) in [5.41, 5.74) is 2.03. The third-order valence-electron chi connectivity index (χ3n) is 4.14. The van der Waals surface area contributed by atoms with Crippen LogP contribution in [-0.2, 0) is 16.6 Å². The smallest absolute Gasteiger partial charge is 0.255 e. The van der Waals surface area contributed by atoms with Gasteiger partial charge < -0.3 is 5.32 Å². The highest BCUT2D eigenvalue weighted by Crippen LogP contribution is 2.24. The van der Waals surface area contributed by atoms with Crippen molar-refractivity contribution >= 4 is 38.9 Å². The minimum atomic E-state index is -3.54. The Morgan fingerprint density at radius 2 is 1.69 bits per heavy atom. The minimum absolute atomic E-state index is 0.0963. The van der Waals surface area contributed by atoms with Gasteiger partial charge in [0.25, 0.3) is 5.91 Å². The maximum Gasteiger partial charge on any atom is 0.255 e. The van der Waals surface area contributed by atoms with Crippen LogP contribution in [0.1, 0.15) is 15.9 Å². The monoisotopic (exact) mass is 432 g/mol. The lowest BCUT2D eigenvalue weighted by molar-refractivity contribution is 0.102. The van der Waals surface area contributed by atoms with Crippen molar-refractivity contribution in [3.63, 3.8) is 0 Å². The van der Waals surface area contributed by atoms with Gasteiger partial charge in [0.15, 0.2) is 0 Å². The maximum absolute atomic E-state index is 13.0. The number of hydrogen-bond donors (Lipinski definition) is 1. The summed E-state index contributed by atoms with van der Waals surface area (Å²) in [6.07, 6.45) is 1.12. The zero-order valence-electron chi connectivity index (χ0n) is 15.5. The van der Waals surface area contributed by atoms with Gasteiger partial charge in [0.05, 0.1) is 18.5 Å². The van der Waals surface area contributed by atoms with Crippen molar-refractivity contribution in [2.45, 2.75) is 6.54 Å². The number of nitrogens with zero attached hydrogens (tertiary/aromatic N) is 1. The number of hydrogen-bond acceptors (Lipinski definition) is 3. The van der Waals surface area contributed by atoms with E-state index < -0.39 is 10.0 Å². The molecule has 0 aromatic heterocycles. The summed E-state index contributed by atoms with van der Waals surface area (Å²) < 4.78 is 38.7. The van der Waals surface area contributed by atoms with E-state index in [9.17, 15) is 17.6 Å². The van der Waals surface area contributed by atoms with E-state index in [0.717, 1.165) is 6.26 Å². The van der Waals surface area contributed by atoms with Crippen LogP contribution in [0.15, 0.2) is 72.8 Å². The molecule has 0 aliphatic carbocycles. The number of amides is 1. The van der Waals surface area contributed by atoms with E-state index >= 15 is 0 Å². The first-order valence-electron chi connectivity index (χ1n) is 8.61. The molecule has 150 valence electrons. The molecule has 0 unspecified atom stereocenters. The molecule has 8 heteroatoms. The Morgan fingerprint density at radius 3 is 2.28 bits per heavy atom. The molecular weight excluding hydrogens is 415 g/mol. The summed E-state index contributed by atoms with van der Waals surface area (Å²) in [6.45, 7) is 0.0963. The number of benzene rings is 3. The van der Waals surface area contributed by atoms with Crippen molar-refractivity contribution in [1.29, 1.82) is 0 Å². The number of sulfonamides is 1. The molecule has 3 aromatic rings. The summed E-state index contributed by atoms with van der Waals surface area (Å²) >= 11 is 5.99. The lowest BCUT2D eigenvalue weighted by atomic mass is 10.1. The molecule has 1 N–H and O–H groups in total. The highest BCUT2D eigenvalue weighted by Gasteiger charge is 2.18. The predicted octanol–water partition coefficient (Wildman–Crippen LogP) is 4.70. The van der Waals surface area contributed by atoms with E-state index in [1.807, 2.05) is 0 Å². The largest absolute Gasteiger partial charge is 0.322 e. The molecule has 0 saturated heterocycles. The van der Waals surface area contributed by atoms with Gasteiger partial charge in [-0.05, 0) is 60.2 Å². The van der Waals surface area contributed by atoms with Crippen LogP contribution in [0.4, 0.5) is 15.8 Å². The van der Waals surface area contributed by atoms with Gasteiger partial charge in [0, 0.05) is 16.3 Å². The second-order valence-corrected chi connectivity index (χ2v) is 8.75. The Balaban J connectivity index is 1.76. The number of carbonyl (C=O) groups excluding carboxylic acids is 1. The fourth-order valence-electron chi connectivity index (χ4n) is 2.70. The van der Waals surface area contributed by atoms with Gasteiger partial charge in [-0.3, -0.25) is 9.10 Å². The first-order valence-corrected chi connectivity index (χ1v) is 10.8. The van der Waals surface area contributed by atoms with Gasteiger partial charge in [-0.25, -0.2) is 12.8 Å². The van der Waals surface area contributed by atoms with Gasteiger partial charge in [0.1, 0.15) is 5.82 Å². The molecule has 0 heterocycles. The SMILES string of the molecule is CS(=O)(=O)N(Cc1ccc(C(=O)Nc2ccc(F)cc2)cc1)c1cccc(Cl)c1. The molecule has 0 atom stereocenters. The van der Waals surface area contributed by atoms with Crippen LogP contribution < -0.4 is 9.62 Å². The molecule has 0 saturated carbocycles. The minimum Gasteiger partial charge on any atom is -0.322 e. The Bertz CT molecular complexity index is 1120. The van der Waals surface area contributed by atoms with Crippen LogP contribution in [0.5, 0.6) is 0 Å². The molecule has 0 aliphatic heterocycles. The number of rotatable bonds is 6. The lowest BCUT2D eigenvalue weighted by Gasteiger charge is -2.22. The number of carbonyl (C=O) groups is 1. The van der Waals surface area contributed by atoms with Crippen molar-refractivity contribution in [3.8, 4) is 0 Å². The summed E-state index contributed by atoms with van der Waals surface area (Å²) in [6, 6.07) is 18.6. The number of anilines is 2. The van der Waals surface area contributed by atoms with Crippen molar-refractivity contribution in [3.05, 3.63) is 94.8 Å². The van der Waals surface area contributed by atoms with Crippen LogP contribution in [0.25, 0.3) is 0 Å². The third kappa shape index (κ3) is 5.56. The van der Waals surface area contributed by atoms with Crippen molar-refractivity contribution in [1.82, 2.24) is 0 Å². The van der Waals surface area contributed by atoms with E-state index in [-0.39, 0.29) is 18.3 Å². The lowest BCUT2D eigenvalue weighted by Crippen LogP contribution is -2.29. The topological polar surface area (TPSA) is 66.5 Å². The second-order valence-electron chi connectivity index (χ2n) is 6.41. The second kappa shape index (κ2) is 8.63. The van der Waals surface area contributed by atoms with E-state index in [2.05, 4.69) is 5.32 Å². The Labute approximate surface area is 173 Å². The molecule has 0 radical (unpaired) electrons. The van der Waals surface area contributed by atoms with Crippen molar-refractivity contribution in [2.75, 3.05) is 15.9 Å². The van der Waals surface area contributed by atoms with Gasteiger partial charge in [-0.2, -0.15) is 0 Å². The quantitative estimate of drug-likeness (QED) is 0.614. The van der Waals surface area contributed by atoms with E-state index in [1.165, 1.54) is 28.6 Å². The molecule has 1 amide bonds. The van der Waals surface area contributed by atoms with Crippen LogP contribution >= 0.6 is 11.6 Å². The first kappa shape index (κ1) is 20.8. The molecule has 3 rings (SSSR count). The average Bonchev–Trinajstić information content (AvgIpc) is 2.67. The van der Waals surface area contributed by atoms with Crippen molar-refractivity contribution in [2.24, 2.45) is 0 Å². The zero-order chi connectivity index (χ0) is 21.0. The van der Waals surface area contributed by atoms with Crippen LogP contribution in [-0.4, -0.2) is 20.6 Å². The van der Waals surface area contributed by atoms with Crippen LogP contribution in [0.2, 0.25) is 5.02 Å². The van der Waals surface area contributed by atoms with E-state index in [4.69, 9.17) is 11.6 Å². The third-order valence-corrected chi connectivity index (χ3v) is 5.52. The van der Waals surface area contributed by atoms with Crippen molar-refractivity contribution < 1.29 is 17.6 Å². The maximum atomic E-state index is 13.0. The average molecular weight is 433 g/mol. The normalized spacial score (nSPS) is 11.1. The van der Waals surface area contributed by atoms with Gasteiger partial charge in [-0.1, -0.05) is 29.8 Å². The molecular formula is C21H18ClFN2O3S. The molecule has 3 aromatic carbocycles. The number of nitrogens with one attached hydrogen (secondary N) is 1. The molecule has 29 heavy (non-hydrogen) atoms. The Morgan fingerprint density at radius 1 is 1.03 bits per heavy atom. The van der Waals surface area contributed by atoms with Gasteiger partial charge in [0.2, 0.25) is 10.0 Å². The van der Waals surface area contributed by atoms with Crippen LogP contribution in [0, 0.1) is 5.82 Å². The number of halogens is 2. The molecule has 0 spiro atoms. The molecule has 0 aliphatic rings. The van der Waals surface area contributed by atoms with E-state index in [1.54, 1.807) is 48.5 Å². The highest BCUT2D eigenvalue weighted by atomic mass is 35.5. The summed E-state index contributed by atoms with van der Waals surface area (Å²) in [5, 5.41) is 3.11. The fraction of sp³-hybridized carbons (Fsp3) is 0.0952. The highest BCUT2D eigenvalue weighted by molar-refractivity contribution is 7.92. The Hall–Kier alpha value is -2.90. The van der Waals surface area contributed by atoms with E-state index in [0.29, 0.717) is 27.5 Å². The predicted molar refractivity (Wildman–Crippen MR) is 113 cm³/mol. The fourth-order valence-corrected chi connectivity index (χ4v) is 3.76. The summed E-state index contributed by atoms with van der Waals surface area (Å²) in [7, 11) is -3.54.